The van der Waals surface area contributed by atoms with E-state index in [2.05, 4.69) is 10.1 Å². The van der Waals surface area contributed by atoms with Crippen molar-refractivity contribution >= 4 is 17.7 Å². The van der Waals surface area contributed by atoms with Gasteiger partial charge in [0.1, 0.15) is 12.4 Å². The van der Waals surface area contributed by atoms with E-state index < -0.39 is 67.4 Å². The van der Waals surface area contributed by atoms with Crippen LogP contribution in [-0.2, 0) is 26.9 Å². The van der Waals surface area contributed by atoms with Gasteiger partial charge in [-0.25, -0.2) is 9.59 Å². The number of para-hydroxylation sites is 1. The number of carboxylic acid groups (broad SMARTS) is 1. The van der Waals surface area contributed by atoms with E-state index in [4.69, 9.17) is 9.47 Å². The lowest BCUT2D eigenvalue weighted by Gasteiger charge is -2.25. The highest BCUT2D eigenvalue weighted by molar-refractivity contribution is 5.90. The Balaban J connectivity index is 2.06. The molecular weight excluding hydrogens is 588 g/mol. The number of benzene rings is 2. The van der Waals surface area contributed by atoms with Crippen molar-refractivity contribution in [2.45, 2.75) is 44.3 Å². The number of hydrogen-bond acceptors (Lipinski definition) is 5. The fraction of sp³-hybridized carbons (Fsp3) is 0.462. The molecule has 8 nitrogen and oxygen atoms in total. The number of halogens is 8. The lowest BCUT2D eigenvalue weighted by Crippen LogP contribution is -2.41. The fourth-order valence-electron chi connectivity index (χ4n) is 3.51. The minimum Gasteiger partial charge on any atom is -0.492 e. The maximum absolute atomic E-state index is 13.3. The summed E-state index contributed by atoms with van der Waals surface area (Å²) in [5.41, 5.74) is -1.14. The normalized spacial score (nSPS) is 13.0. The number of urea groups is 1. The maximum atomic E-state index is 13.3. The highest BCUT2D eigenvalue weighted by Gasteiger charge is 2.59. The standard InChI is InChI=1S/C26H28F8N2O6/c1-2-40-21(22(37)38)16-17-8-10-18(11-9-17)41-15-13-36(12-5-14-42-26(33,34)25(30,31)32)23(39)35-20-7-4-3-6-19(20)24(27,28)29/h3-4,6-11,21H,2,5,12-16H2,1H3,(H,35,39)(H,37,38). The summed E-state index contributed by atoms with van der Waals surface area (Å²) < 4.78 is 117. The SMILES string of the molecule is CCOC(Cc1ccc(OCCN(CCCOC(F)(F)C(F)(F)F)C(=O)Nc2ccccc2C(F)(F)F)cc1)C(=O)O. The molecule has 2 aromatic carbocycles. The van der Waals surface area contributed by atoms with Gasteiger partial charge in [-0.15, -0.1) is 0 Å². The number of amides is 2. The summed E-state index contributed by atoms with van der Waals surface area (Å²) in [5, 5.41) is 11.3. The predicted octanol–water partition coefficient (Wildman–Crippen LogP) is 6.21. The van der Waals surface area contributed by atoms with Crippen molar-refractivity contribution in [3.8, 4) is 5.75 Å². The van der Waals surface area contributed by atoms with Crippen LogP contribution in [0, 0.1) is 0 Å². The number of alkyl halides is 8. The van der Waals surface area contributed by atoms with E-state index >= 15 is 0 Å². The number of hydrogen-bond donors (Lipinski definition) is 2. The molecule has 1 unspecified atom stereocenters. The quantitative estimate of drug-likeness (QED) is 0.183. The van der Waals surface area contributed by atoms with Gasteiger partial charge >= 0.3 is 30.5 Å². The van der Waals surface area contributed by atoms with Gasteiger partial charge in [0.25, 0.3) is 0 Å². The highest BCUT2D eigenvalue weighted by atomic mass is 19.4. The number of nitrogens with zero attached hydrogens (tertiary/aromatic N) is 1. The number of carboxylic acids is 1. The van der Waals surface area contributed by atoms with Gasteiger partial charge in [0.05, 0.1) is 24.4 Å². The van der Waals surface area contributed by atoms with Crippen LogP contribution >= 0.6 is 0 Å². The van der Waals surface area contributed by atoms with E-state index in [0.29, 0.717) is 5.56 Å². The zero-order valence-electron chi connectivity index (χ0n) is 22.1. The molecule has 2 N–H and O–H groups in total. The maximum Gasteiger partial charge on any atom is 0.482 e. The van der Waals surface area contributed by atoms with Crippen molar-refractivity contribution in [1.82, 2.24) is 4.90 Å². The molecule has 0 spiro atoms. The second-order valence-corrected chi connectivity index (χ2v) is 8.66. The first-order chi connectivity index (χ1) is 19.5. The third-order valence-corrected chi connectivity index (χ3v) is 5.56. The van der Waals surface area contributed by atoms with E-state index in [9.17, 15) is 49.8 Å². The third-order valence-electron chi connectivity index (χ3n) is 5.56. The van der Waals surface area contributed by atoms with Gasteiger partial charge in [-0.2, -0.15) is 35.1 Å². The summed E-state index contributed by atoms with van der Waals surface area (Å²) in [7, 11) is 0. The number of carbonyl (C=O) groups excluding carboxylic acids is 1. The molecule has 0 saturated carbocycles. The molecule has 2 rings (SSSR count). The molecule has 2 amide bonds. The Labute approximate surface area is 235 Å². The van der Waals surface area contributed by atoms with E-state index in [-0.39, 0.29) is 31.9 Å². The van der Waals surface area contributed by atoms with Crippen LogP contribution in [0.4, 0.5) is 45.6 Å². The van der Waals surface area contributed by atoms with E-state index in [1.807, 2.05) is 0 Å². The molecule has 0 bridgehead atoms. The van der Waals surface area contributed by atoms with Crippen LogP contribution in [0.1, 0.15) is 24.5 Å². The van der Waals surface area contributed by atoms with Crippen molar-refractivity contribution in [3.05, 3.63) is 59.7 Å². The van der Waals surface area contributed by atoms with Crippen molar-refractivity contribution in [2.75, 3.05) is 38.2 Å². The summed E-state index contributed by atoms with van der Waals surface area (Å²) >= 11 is 0. The first-order valence-corrected chi connectivity index (χ1v) is 12.4. The summed E-state index contributed by atoms with van der Waals surface area (Å²) in [6.45, 7) is -0.287. The molecule has 0 fully saturated rings. The fourth-order valence-corrected chi connectivity index (χ4v) is 3.51. The van der Waals surface area contributed by atoms with Crippen molar-refractivity contribution in [2.24, 2.45) is 0 Å². The molecule has 2 aromatic rings. The van der Waals surface area contributed by atoms with Crippen LogP contribution in [0.25, 0.3) is 0 Å². The highest BCUT2D eigenvalue weighted by Crippen LogP contribution is 2.36. The number of nitrogens with one attached hydrogen (secondary N) is 1. The summed E-state index contributed by atoms with van der Waals surface area (Å²) in [6, 6.07) is 9.10. The summed E-state index contributed by atoms with van der Waals surface area (Å²) in [6.07, 6.45) is -17.7. The van der Waals surface area contributed by atoms with Gasteiger partial charge in [-0.1, -0.05) is 24.3 Å². The molecule has 16 heteroatoms. The van der Waals surface area contributed by atoms with E-state index in [0.717, 1.165) is 23.1 Å². The minimum atomic E-state index is -5.95. The molecule has 1 atom stereocenters. The second-order valence-electron chi connectivity index (χ2n) is 8.66. The average Bonchev–Trinajstić information content (AvgIpc) is 2.89. The molecule has 0 radical (unpaired) electrons. The minimum absolute atomic E-state index is 0.0757. The molecule has 0 saturated heterocycles. The number of anilines is 1. The van der Waals surface area contributed by atoms with Crippen molar-refractivity contribution < 1.29 is 64.0 Å². The van der Waals surface area contributed by atoms with Crippen LogP contribution in [-0.4, -0.2) is 73.3 Å². The molecule has 0 aliphatic rings. The predicted molar refractivity (Wildman–Crippen MR) is 132 cm³/mol. The Morgan fingerprint density at radius 3 is 2.14 bits per heavy atom. The molecular formula is C26H28F8N2O6. The van der Waals surface area contributed by atoms with Gasteiger partial charge in [0, 0.05) is 19.6 Å². The largest absolute Gasteiger partial charge is 0.492 e. The van der Waals surface area contributed by atoms with Gasteiger partial charge in [0.2, 0.25) is 0 Å². The Morgan fingerprint density at radius 1 is 0.929 bits per heavy atom. The average molecular weight is 617 g/mol. The van der Waals surface area contributed by atoms with Gasteiger partial charge in [0.15, 0.2) is 6.10 Å². The lowest BCUT2D eigenvalue weighted by atomic mass is 10.1. The van der Waals surface area contributed by atoms with E-state index in [1.54, 1.807) is 19.1 Å². The number of aliphatic carboxylic acids is 1. The topological polar surface area (TPSA) is 97.3 Å². The third kappa shape index (κ3) is 10.6. The van der Waals surface area contributed by atoms with Crippen molar-refractivity contribution in [3.63, 3.8) is 0 Å². The second kappa shape index (κ2) is 15.0. The van der Waals surface area contributed by atoms with Crippen LogP contribution in [0.5, 0.6) is 5.75 Å². The number of carbonyl (C=O) groups is 2. The summed E-state index contributed by atoms with van der Waals surface area (Å²) in [4.78, 5) is 24.9. The zero-order valence-corrected chi connectivity index (χ0v) is 22.1. The molecule has 234 valence electrons. The van der Waals surface area contributed by atoms with Crippen LogP contribution in [0.15, 0.2) is 48.5 Å². The van der Waals surface area contributed by atoms with Gasteiger partial charge in [-0.05, 0) is 43.2 Å². The summed E-state index contributed by atoms with van der Waals surface area (Å²) in [5.74, 6) is -0.862. The molecule has 0 aliphatic heterocycles. The first kappa shape index (κ1) is 34.5. The van der Waals surface area contributed by atoms with E-state index in [1.165, 1.54) is 18.2 Å². The Morgan fingerprint density at radius 2 is 1.57 bits per heavy atom. The van der Waals surface area contributed by atoms with Crippen LogP contribution in [0.2, 0.25) is 0 Å². The monoisotopic (exact) mass is 616 g/mol. The zero-order chi connectivity index (χ0) is 31.6. The molecule has 0 heterocycles. The number of rotatable bonds is 15. The first-order valence-electron chi connectivity index (χ1n) is 12.4. The van der Waals surface area contributed by atoms with Crippen molar-refractivity contribution in [1.29, 1.82) is 0 Å². The van der Waals surface area contributed by atoms with Crippen LogP contribution in [0.3, 0.4) is 0 Å². The smallest absolute Gasteiger partial charge is 0.482 e. The molecule has 0 aromatic heterocycles. The van der Waals surface area contributed by atoms with Gasteiger partial charge in [-0.3, -0.25) is 0 Å². The van der Waals surface area contributed by atoms with Crippen LogP contribution < -0.4 is 10.1 Å². The Kier molecular flexibility index (Phi) is 12.3. The lowest BCUT2D eigenvalue weighted by molar-refractivity contribution is -0.391. The molecule has 42 heavy (non-hydrogen) atoms. The molecule has 0 aliphatic carbocycles. The Hall–Kier alpha value is -3.66. The van der Waals surface area contributed by atoms with Gasteiger partial charge < -0.3 is 29.5 Å². The number of ether oxygens (including phenoxy) is 3. The Bertz CT molecular complexity index is 1160.